The molecule has 0 rings (SSSR count). The third-order valence-electron chi connectivity index (χ3n) is 3.06. The van der Waals surface area contributed by atoms with Gasteiger partial charge in [-0.25, -0.2) is 0 Å². The standard InChI is InChI=1S/C14H25NO3/c1-4-6-7-8-12(14(17)18)11(3)10-13(16)15-9-5-2/h5,11-12H,2,4,6-10H2,1,3H3,(H,15,16)(H,17,18)/p-1/t11-,12+/m0/s1. The van der Waals surface area contributed by atoms with Crippen molar-refractivity contribution in [2.24, 2.45) is 11.8 Å². The lowest BCUT2D eigenvalue weighted by atomic mass is 9.86. The lowest BCUT2D eigenvalue weighted by molar-refractivity contribution is -0.313. The predicted octanol–water partition coefficient (Wildman–Crippen LogP) is 1.26. The van der Waals surface area contributed by atoms with Crippen molar-refractivity contribution in [3.05, 3.63) is 12.7 Å². The highest BCUT2D eigenvalue weighted by Gasteiger charge is 2.20. The van der Waals surface area contributed by atoms with E-state index in [0.717, 1.165) is 19.3 Å². The molecule has 0 aromatic rings. The monoisotopic (exact) mass is 254 g/mol. The second-order valence-corrected chi connectivity index (χ2v) is 4.70. The van der Waals surface area contributed by atoms with Crippen LogP contribution < -0.4 is 10.4 Å². The first-order chi connectivity index (χ1) is 8.52. The fraction of sp³-hybridized carbons (Fsp3) is 0.714. The number of aliphatic carboxylic acids is 1. The Bertz CT molecular complexity index is 276. The zero-order valence-corrected chi connectivity index (χ0v) is 11.4. The largest absolute Gasteiger partial charge is 0.550 e. The van der Waals surface area contributed by atoms with E-state index in [1.165, 1.54) is 0 Å². The number of rotatable bonds is 10. The summed E-state index contributed by atoms with van der Waals surface area (Å²) in [6, 6.07) is 0. The molecule has 0 aliphatic rings. The van der Waals surface area contributed by atoms with E-state index < -0.39 is 11.9 Å². The third kappa shape index (κ3) is 7.09. The molecule has 4 heteroatoms. The van der Waals surface area contributed by atoms with E-state index in [9.17, 15) is 14.7 Å². The predicted molar refractivity (Wildman–Crippen MR) is 69.6 cm³/mol. The summed E-state index contributed by atoms with van der Waals surface area (Å²) >= 11 is 0. The molecule has 0 spiro atoms. The number of hydrogen-bond donors (Lipinski definition) is 1. The van der Waals surface area contributed by atoms with Crippen LogP contribution in [0.25, 0.3) is 0 Å². The molecular formula is C14H24NO3-. The van der Waals surface area contributed by atoms with E-state index in [2.05, 4.69) is 18.8 Å². The van der Waals surface area contributed by atoms with Gasteiger partial charge in [-0.1, -0.05) is 39.2 Å². The zero-order chi connectivity index (χ0) is 14.0. The van der Waals surface area contributed by atoms with Gasteiger partial charge in [0.1, 0.15) is 0 Å². The van der Waals surface area contributed by atoms with Gasteiger partial charge in [-0.3, -0.25) is 4.79 Å². The molecule has 0 aromatic carbocycles. The van der Waals surface area contributed by atoms with Gasteiger partial charge >= 0.3 is 0 Å². The third-order valence-corrected chi connectivity index (χ3v) is 3.06. The molecule has 0 saturated heterocycles. The molecule has 0 unspecified atom stereocenters. The number of unbranched alkanes of at least 4 members (excludes halogenated alkanes) is 2. The summed E-state index contributed by atoms with van der Waals surface area (Å²) in [7, 11) is 0. The van der Waals surface area contributed by atoms with E-state index in [1.807, 2.05) is 0 Å². The number of hydrogen-bond acceptors (Lipinski definition) is 3. The van der Waals surface area contributed by atoms with Gasteiger partial charge in [0, 0.05) is 24.9 Å². The first-order valence-electron chi connectivity index (χ1n) is 6.61. The molecule has 0 heterocycles. The van der Waals surface area contributed by atoms with Gasteiger partial charge in [0.25, 0.3) is 0 Å². The van der Waals surface area contributed by atoms with Crippen molar-refractivity contribution in [3.63, 3.8) is 0 Å². The van der Waals surface area contributed by atoms with Crippen LogP contribution in [0, 0.1) is 11.8 Å². The maximum Gasteiger partial charge on any atom is 0.220 e. The van der Waals surface area contributed by atoms with Crippen LogP contribution in [-0.4, -0.2) is 18.4 Å². The number of carbonyl (C=O) groups is 2. The van der Waals surface area contributed by atoms with Crippen molar-refractivity contribution in [1.29, 1.82) is 0 Å². The molecular weight excluding hydrogens is 230 g/mol. The van der Waals surface area contributed by atoms with Crippen molar-refractivity contribution in [3.8, 4) is 0 Å². The summed E-state index contributed by atoms with van der Waals surface area (Å²) in [5, 5.41) is 13.7. The summed E-state index contributed by atoms with van der Waals surface area (Å²) in [6.07, 6.45) is 5.34. The number of carboxylic acids is 1. The highest BCUT2D eigenvalue weighted by molar-refractivity contribution is 5.77. The molecule has 0 aliphatic carbocycles. The SMILES string of the molecule is C=CCNC(=O)C[C@H](C)[C@@H](CCCCC)C(=O)[O-]. The van der Waals surface area contributed by atoms with E-state index in [4.69, 9.17) is 0 Å². The Hall–Kier alpha value is -1.32. The van der Waals surface area contributed by atoms with Gasteiger partial charge in [-0.2, -0.15) is 0 Å². The van der Waals surface area contributed by atoms with Gasteiger partial charge in [0.2, 0.25) is 5.91 Å². The van der Waals surface area contributed by atoms with Crippen molar-refractivity contribution in [2.75, 3.05) is 6.54 Å². The van der Waals surface area contributed by atoms with Crippen molar-refractivity contribution < 1.29 is 14.7 Å². The Morgan fingerprint density at radius 2 is 2.06 bits per heavy atom. The van der Waals surface area contributed by atoms with E-state index in [1.54, 1.807) is 13.0 Å². The van der Waals surface area contributed by atoms with Crippen LogP contribution in [0.3, 0.4) is 0 Å². The fourth-order valence-electron chi connectivity index (χ4n) is 1.94. The van der Waals surface area contributed by atoms with Crippen LogP contribution in [0.4, 0.5) is 0 Å². The summed E-state index contributed by atoms with van der Waals surface area (Å²) in [5.41, 5.74) is 0. The van der Waals surface area contributed by atoms with Gasteiger partial charge in [0.15, 0.2) is 0 Å². The van der Waals surface area contributed by atoms with Crippen molar-refractivity contribution in [1.82, 2.24) is 5.32 Å². The normalized spacial score (nSPS) is 13.7. The van der Waals surface area contributed by atoms with E-state index in [-0.39, 0.29) is 18.2 Å². The van der Waals surface area contributed by atoms with Crippen LogP contribution in [0.1, 0.15) is 46.0 Å². The van der Waals surface area contributed by atoms with Crippen LogP contribution in [0.5, 0.6) is 0 Å². The minimum atomic E-state index is -1.05. The molecule has 0 saturated carbocycles. The average molecular weight is 254 g/mol. The van der Waals surface area contributed by atoms with Crippen LogP contribution >= 0.6 is 0 Å². The minimum Gasteiger partial charge on any atom is -0.550 e. The Balaban J connectivity index is 4.20. The molecule has 1 N–H and O–H groups in total. The Labute approximate surface area is 109 Å². The topological polar surface area (TPSA) is 69.2 Å². The Morgan fingerprint density at radius 3 is 2.56 bits per heavy atom. The molecule has 4 nitrogen and oxygen atoms in total. The van der Waals surface area contributed by atoms with Crippen LogP contribution in [0.2, 0.25) is 0 Å². The average Bonchev–Trinajstić information content (AvgIpc) is 2.31. The summed E-state index contributed by atoms with van der Waals surface area (Å²) in [4.78, 5) is 22.6. The molecule has 1 amide bonds. The van der Waals surface area contributed by atoms with Gasteiger partial charge in [-0.15, -0.1) is 6.58 Å². The van der Waals surface area contributed by atoms with Crippen molar-refractivity contribution in [2.45, 2.75) is 46.0 Å². The van der Waals surface area contributed by atoms with Gasteiger partial charge in [-0.05, 0) is 12.3 Å². The van der Waals surface area contributed by atoms with Crippen LogP contribution in [-0.2, 0) is 9.59 Å². The summed E-state index contributed by atoms with van der Waals surface area (Å²) < 4.78 is 0. The maximum absolute atomic E-state index is 11.5. The Kier molecular flexibility index (Phi) is 8.97. The van der Waals surface area contributed by atoms with E-state index in [0.29, 0.717) is 13.0 Å². The lowest BCUT2D eigenvalue weighted by Crippen LogP contribution is -2.37. The van der Waals surface area contributed by atoms with E-state index >= 15 is 0 Å². The van der Waals surface area contributed by atoms with Gasteiger partial charge in [0.05, 0.1) is 0 Å². The minimum absolute atomic E-state index is 0.135. The highest BCUT2D eigenvalue weighted by Crippen LogP contribution is 2.21. The number of carbonyl (C=O) groups excluding carboxylic acids is 2. The lowest BCUT2D eigenvalue weighted by Gasteiger charge is -2.24. The molecule has 18 heavy (non-hydrogen) atoms. The molecule has 0 bridgehead atoms. The summed E-state index contributed by atoms with van der Waals surface area (Å²) in [5.74, 6) is -1.91. The quantitative estimate of drug-likeness (QED) is 0.471. The Morgan fingerprint density at radius 1 is 1.39 bits per heavy atom. The smallest absolute Gasteiger partial charge is 0.220 e. The number of amides is 1. The van der Waals surface area contributed by atoms with Gasteiger partial charge < -0.3 is 15.2 Å². The second-order valence-electron chi connectivity index (χ2n) is 4.70. The number of carboxylic acid groups (broad SMARTS) is 1. The maximum atomic E-state index is 11.5. The fourth-order valence-corrected chi connectivity index (χ4v) is 1.94. The first-order valence-corrected chi connectivity index (χ1v) is 6.61. The van der Waals surface area contributed by atoms with Crippen LogP contribution in [0.15, 0.2) is 12.7 Å². The second kappa shape index (κ2) is 9.68. The molecule has 0 radical (unpaired) electrons. The van der Waals surface area contributed by atoms with Crippen molar-refractivity contribution >= 4 is 11.9 Å². The first kappa shape index (κ1) is 16.7. The molecule has 0 fully saturated rings. The summed E-state index contributed by atoms with van der Waals surface area (Å²) in [6.45, 7) is 7.78. The highest BCUT2D eigenvalue weighted by atomic mass is 16.4. The molecule has 0 aromatic heterocycles. The molecule has 104 valence electrons. The number of nitrogens with one attached hydrogen (secondary N) is 1. The molecule has 2 atom stereocenters. The zero-order valence-electron chi connectivity index (χ0n) is 11.4. The molecule has 0 aliphatic heterocycles.